The van der Waals surface area contributed by atoms with Crippen LogP contribution in [0.25, 0.3) is 0 Å². The van der Waals surface area contributed by atoms with Gasteiger partial charge in [0.1, 0.15) is 62.8 Å². The molecule has 17 nitrogen and oxygen atoms in total. The highest BCUT2D eigenvalue weighted by atomic mass is 35.5. The Labute approximate surface area is 564 Å². The van der Waals surface area contributed by atoms with Gasteiger partial charge in [0.15, 0.2) is 0 Å². The lowest BCUT2D eigenvalue weighted by Gasteiger charge is -2.32. The maximum Gasteiger partial charge on any atom is 0.407 e. The van der Waals surface area contributed by atoms with Crippen molar-refractivity contribution in [1.82, 2.24) is 16.0 Å². The average Bonchev–Trinajstić information content (AvgIpc) is 0.776. The number of hydrogen-bond acceptors (Lipinski definition) is 17. The van der Waals surface area contributed by atoms with Gasteiger partial charge in [-0.3, -0.25) is 0 Å². The van der Waals surface area contributed by atoms with E-state index < -0.39 is 59.9 Å². The van der Waals surface area contributed by atoms with Gasteiger partial charge < -0.3 is 53.8 Å². The molecule has 3 amide bonds. The van der Waals surface area contributed by atoms with E-state index in [1.807, 2.05) is 84.9 Å². The largest absolute Gasteiger partial charge is 0.490 e. The normalized spacial score (nSPS) is 12.5. The second-order valence-electron chi connectivity index (χ2n) is 20.9. The molecule has 0 spiro atoms. The molecule has 92 heavy (non-hydrogen) atoms. The smallest absolute Gasteiger partial charge is 0.407 e. The van der Waals surface area contributed by atoms with Crippen molar-refractivity contribution in [1.29, 1.82) is 0 Å². The van der Waals surface area contributed by atoms with Crippen molar-refractivity contribution in [3.8, 4) is 11.5 Å². The summed E-state index contributed by atoms with van der Waals surface area (Å²) in [6, 6.07) is 45.7. The molecule has 3 atom stereocenters. The third-order valence-corrected chi connectivity index (χ3v) is 17.6. The lowest BCUT2D eigenvalue weighted by Crippen LogP contribution is -2.35. The van der Waals surface area contributed by atoms with Crippen LogP contribution in [0.3, 0.4) is 0 Å². The van der Waals surface area contributed by atoms with Gasteiger partial charge in [-0.1, -0.05) is 103 Å². The first-order valence-corrected chi connectivity index (χ1v) is 33.2. The minimum atomic E-state index is -0.789. The van der Waals surface area contributed by atoms with Gasteiger partial charge in [-0.15, -0.1) is 35.3 Å². The number of esters is 3. The molecule has 6 aromatic rings. The number of rotatable bonds is 36. The summed E-state index contributed by atoms with van der Waals surface area (Å²) in [7, 11) is 0. The summed E-state index contributed by atoms with van der Waals surface area (Å²) in [5.74, 6) is 0.497. The molecule has 3 unspecified atom stereocenters. The molecule has 0 aromatic heterocycles. The quantitative estimate of drug-likeness (QED) is 0.00833. The molecule has 0 aliphatic heterocycles. The zero-order chi connectivity index (χ0) is 66.4. The standard InChI is InChI=1S/C69H74Cl3N3O14S3/c1-45(2)63(76)82-37-34-73-66(79)87-57(42-90-60-28-17-52(70)18-29-60)23-10-48-8-11-49(12-9-48)69(7,50-13-24-55(25-14-50)85-40-58(43-91-61-30-19-53(71)20-31-61)88-67(80)74-35-38-83-64(77)46(3)4)51-15-26-56(27-16-51)86-41-59(44-92-62-32-21-54(72)22-33-62)89-68(81)75-36-39-84-65(78)47(5)6/h8-9,11-22,24-33,57-59H,1,3,5,10,23,34-44H2,2,4,6-7H3,(H,73,79)(H,74,80)(H,75,81). The molecule has 6 aromatic carbocycles. The number of nitrogens with one attached hydrogen (secondary N) is 3. The van der Waals surface area contributed by atoms with Gasteiger partial charge in [0.25, 0.3) is 0 Å². The van der Waals surface area contributed by atoms with Crippen molar-refractivity contribution in [2.75, 3.05) is 69.9 Å². The van der Waals surface area contributed by atoms with E-state index in [1.165, 1.54) is 49.1 Å². The molecule has 0 saturated heterocycles. The van der Waals surface area contributed by atoms with Crippen LogP contribution in [0, 0.1) is 0 Å². The highest BCUT2D eigenvalue weighted by Crippen LogP contribution is 2.41. The van der Waals surface area contributed by atoms with Crippen molar-refractivity contribution in [2.24, 2.45) is 0 Å². The van der Waals surface area contributed by atoms with E-state index in [-0.39, 0.29) is 69.4 Å². The Kier molecular flexibility index (Phi) is 30.6. The van der Waals surface area contributed by atoms with Gasteiger partial charge in [-0.05, 0) is 160 Å². The molecular formula is C69H74Cl3N3O14S3. The first-order valence-electron chi connectivity index (χ1n) is 29.2. The summed E-state index contributed by atoms with van der Waals surface area (Å²) in [5, 5.41) is 9.71. The number of ether oxygens (including phenoxy) is 8. The van der Waals surface area contributed by atoms with Gasteiger partial charge >= 0.3 is 36.2 Å². The van der Waals surface area contributed by atoms with Crippen LogP contribution in [0.4, 0.5) is 14.4 Å². The third kappa shape index (κ3) is 25.8. The fourth-order valence-electron chi connectivity index (χ4n) is 8.39. The topological polar surface area (TPSA) is 212 Å². The van der Waals surface area contributed by atoms with Crippen LogP contribution in [0.1, 0.15) is 56.4 Å². The van der Waals surface area contributed by atoms with E-state index in [0.717, 1.165) is 36.9 Å². The van der Waals surface area contributed by atoms with Gasteiger partial charge in [0.2, 0.25) is 0 Å². The van der Waals surface area contributed by atoms with Crippen molar-refractivity contribution >= 4 is 106 Å². The van der Waals surface area contributed by atoms with E-state index in [1.54, 1.807) is 43.3 Å². The molecule has 23 heteroatoms. The van der Waals surface area contributed by atoms with Crippen LogP contribution in [-0.2, 0) is 54.6 Å². The fourth-order valence-corrected chi connectivity index (χ4v) is 11.4. The highest BCUT2D eigenvalue weighted by molar-refractivity contribution is 7.99. The number of amides is 3. The van der Waals surface area contributed by atoms with Crippen molar-refractivity contribution in [3.63, 3.8) is 0 Å². The molecule has 0 bridgehead atoms. The zero-order valence-electron chi connectivity index (χ0n) is 51.5. The predicted octanol–water partition coefficient (Wildman–Crippen LogP) is 14.7. The molecule has 0 saturated carbocycles. The zero-order valence-corrected chi connectivity index (χ0v) is 56.2. The van der Waals surface area contributed by atoms with Crippen LogP contribution in [-0.4, -0.2) is 124 Å². The second kappa shape index (κ2) is 38.3. The van der Waals surface area contributed by atoms with Crippen molar-refractivity contribution in [3.05, 3.63) is 219 Å². The Balaban J connectivity index is 1.22. The van der Waals surface area contributed by atoms with Gasteiger partial charge in [-0.2, -0.15) is 0 Å². The molecule has 3 N–H and O–H groups in total. The molecule has 0 aliphatic rings. The summed E-state index contributed by atoms with van der Waals surface area (Å²) in [5.41, 5.74) is 3.71. The lowest BCUT2D eigenvalue weighted by atomic mass is 9.71. The predicted molar refractivity (Wildman–Crippen MR) is 363 cm³/mol. The number of thioether (sulfide) groups is 3. The summed E-state index contributed by atoms with van der Waals surface area (Å²) < 4.78 is 45.6. The summed E-state index contributed by atoms with van der Waals surface area (Å²) >= 11 is 22.9. The second-order valence-corrected chi connectivity index (χ2v) is 25.5. The highest BCUT2D eigenvalue weighted by Gasteiger charge is 2.32. The van der Waals surface area contributed by atoms with Crippen LogP contribution >= 0.6 is 70.1 Å². The van der Waals surface area contributed by atoms with Gasteiger partial charge in [0, 0.05) is 69.1 Å². The average molecular weight is 1370 g/mol. The number of benzene rings is 6. The van der Waals surface area contributed by atoms with Crippen LogP contribution < -0.4 is 25.4 Å². The van der Waals surface area contributed by atoms with E-state index in [0.29, 0.717) is 56.7 Å². The number of halogens is 3. The van der Waals surface area contributed by atoms with Crippen molar-refractivity contribution < 1.29 is 66.7 Å². The maximum atomic E-state index is 13.1. The number of aryl methyl sites for hydroxylation is 1. The summed E-state index contributed by atoms with van der Waals surface area (Å²) in [4.78, 5) is 77.5. The first-order chi connectivity index (χ1) is 44.1. The minimum absolute atomic E-state index is 0.00486. The molecule has 0 fully saturated rings. The maximum absolute atomic E-state index is 13.1. The van der Waals surface area contributed by atoms with E-state index in [2.05, 4.69) is 66.9 Å². The molecule has 0 heterocycles. The molecule has 488 valence electrons. The Hall–Kier alpha value is -7.72. The number of carbonyl (C=O) groups is 6. The van der Waals surface area contributed by atoms with E-state index in [9.17, 15) is 28.8 Å². The Morgan fingerprint density at radius 2 is 0.728 bits per heavy atom. The van der Waals surface area contributed by atoms with E-state index in [4.69, 9.17) is 72.7 Å². The molecule has 0 aliphatic carbocycles. The minimum Gasteiger partial charge on any atom is -0.490 e. The fraction of sp³-hybridized carbons (Fsp3) is 0.304. The van der Waals surface area contributed by atoms with Crippen LogP contribution in [0.15, 0.2) is 197 Å². The lowest BCUT2D eigenvalue weighted by molar-refractivity contribution is -0.139. The van der Waals surface area contributed by atoms with E-state index >= 15 is 0 Å². The van der Waals surface area contributed by atoms with Gasteiger partial charge in [0.05, 0.1) is 19.6 Å². The Bertz CT molecular complexity index is 3060. The molecule has 6 rings (SSSR count). The van der Waals surface area contributed by atoms with Crippen LogP contribution in [0.2, 0.25) is 15.1 Å². The summed E-state index contributed by atoms with van der Waals surface area (Å²) in [6.07, 6.45) is -2.93. The van der Waals surface area contributed by atoms with Crippen molar-refractivity contribution in [2.45, 2.75) is 78.9 Å². The first kappa shape index (κ1) is 73.3. The monoisotopic (exact) mass is 1370 g/mol. The molecule has 0 radical (unpaired) electrons. The SMILES string of the molecule is C=C(C)C(=O)OCCNC(=O)OC(CCc1ccc(C(C)(c2ccc(OCC(CSc3ccc(Cl)cc3)OC(=O)NCCOC(=O)C(=C)C)cc2)c2ccc(OCC(CSc3ccc(Cl)cc3)OC(=O)NCCOC(=O)C(=C)C)cc2)cc1)CSc1ccc(Cl)cc1. The number of alkyl carbamates (subject to hydrolysis) is 3. The van der Waals surface area contributed by atoms with Crippen LogP contribution in [0.5, 0.6) is 11.5 Å². The number of hydrogen-bond donors (Lipinski definition) is 3. The van der Waals surface area contributed by atoms with Gasteiger partial charge in [-0.25, -0.2) is 28.8 Å². The number of carbonyl (C=O) groups excluding carboxylic acids is 6. The Morgan fingerprint density at radius 3 is 1.04 bits per heavy atom. The third-order valence-electron chi connectivity index (χ3n) is 13.5. The summed E-state index contributed by atoms with van der Waals surface area (Å²) in [6.45, 7) is 17.4. The Morgan fingerprint density at radius 1 is 0.435 bits per heavy atom. The molecular weight excluding hydrogens is 1300 g/mol.